The van der Waals surface area contributed by atoms with Crippen LogP contribution in [0, 0.1) is 5.82 Å². The van der Waals surface area contributed by atoms with Crippen LogP contribution >= 0.6 is 0 Å². The number of hydrogen-bond donors (Lipinski definition) is 2. The first-order chi connectivity index (χ1) is 12.8. The molecule has 2 aromatic carbocycles. The lowest BCUT2D eigenvalue weighted by Crippen LogP contribution is -2.13. The van der Waals surface area contributed by atoms with Crippen molar-refractivity contribution in [1.82, 2.24) is 4.98 Å². The summed E-state index contributed by atoms with van der Waals surface area (Å²) >= 11 is 0. The summed E-state index contributed by atoms with van der Waals surface area (Å²) in [5, 5.41) is 3.17. The van der Waals surface area contributed by atoms with Gasteiger partial charge in [0.05, 0.1) is 16.8 Å². The van der Waals surface area contributed by atoms with Crippen molar-refractivity contribution in [3.05, 3.63) is 78.2 Å². The molecule has 0 aliphatic rings. The molecule has 0 atom stereocenters. The molecule has 27 heavy (non-hydrogen) atoms. The Hall–Kier alpha value is -2.93. The number of benzene rings is 2. The minimum absolute atomic E-state index is 0.0173. The van der Waals surface area contributed by atoms with Gasteiger partial charge in [-0.25, -0.2) is 17.8 Å². The molecule has 0 radical (unpaired) electrons. The van der Waals surface area contributed by atoms with E-state index in [0.717, 1.165) is 17.8 Å². The number of hydrogen-bond acceptors (Lipinski definition) is 4. The monoisotopic (exact) mass is 385 g/mol. The molecular formula is C20H20FN3O2S. The van der Waals surface area contributed by atoms with Crippen LogP contribution in [-0.4, -0.2) is 13.4 Å². The number of anilines is 3. The van der Waals surface area contributed by atoms with Crippen LogP contribution in [0.3, 0.4) is 0 Å². The molecule has 0 unspecified atom stereocenters. The molecule has 1 aromatic heterocycles. The summed E-state index contributed by atoms with van der Waals surface area (Å²) in [7, 11) is -3.79. The SMILES string of the molecule is CC(C)c1ccc(Nc2ccc(NS(=O)(=O)c3ccc(F)cc3)cn2)cc1. The Morgan fingerprint density at radius 3 is 2.07 bits per heavy atom. The van der Waals surface area contributed by atoms with Crippen LogP contribution in [0.5, 0.6) is 0 Å². The van der Waals surface area contributed by atoms with Crippen molar-refractivity contribution < 1.29 is 12.8 Å². The van der Waals surface area contributed by atoms with Crippen LogP contribution in [0.4, 0.5) is 21.6 Å². The van der Waals surface area contributed by atoms with Gasteiger partial charge in [0.25, 0.3) is 10.0 Å². The van der Waals surface area contributed by atoms with E-state index in [1.165, 1.54) is 23.9 Å². The van der Waals surface area contributed by atoms with Gasteiger partial charge in [-0.05, 0) is 60.0 Å². The number of sulfonamides is 1. The van der Waals surface area contributed by atoms with Gasteiger partial charge >= 0.3 is 0 Å². The quantitative estimate of drug-likeness (QED) is 0.634. The summed E-state index contributed by atoms with van der Waals surface area (Å²) in [6.45, 7) is 4.27. The molecule has 2 N–H and O–H groups in total. The first-order valence-electron chi connectivity index (χ1n) is 8.45. The summed E-state index contributed by atoms with van der Waals surface area (Å²) in [4.78, 5) is 4.21. The van der Waals surface area contributed by atoms with E-state index < -0.39 is 15.8 Å². The molecule has 0 aliphatic heterocycles. The van der Waals surface area contributed by atoms with Crippen LogP contribution in [0.1, 0.15) is 25.3 Å². The minimum Gasteiger partial charge on any atom is -0.340 e. The van der Waals surface area contributed by atoms with Crippen molar-refractivity contribution in [2.75, 3.05) is 10.0 Å². The summed E-state index contributed by atoms with van der Waals surface area (Å²) in [5.41, 5.74) is 2.46. The maximum absolute atomic E-state index is 13.0. The molecule has 3 aromatic rings. The maximum atomic E-state index is 13.0. The molecule has 0 amide bonds. The van der Waals surface area contributed by atoms with Crippen molar-refractivity contribution >= 4 is 27.2 Å². The van der Waals surface area contributed by atoms with Crippen molar-refractivity contribution in [3.63, 3.8) is 0 Å². The van der Waals surface area contributed by atoms with Crippen LogP contribution < -0.4 is 10.0 Å². The first-order valence-corrected chi connectivity index (χ1v) is 9.93. The molecule has 0 saturated carbocycles. The van der Waals surface area contributed by atoms with Gasteiger partial charge in [0, 0.05) is 5.69 Å². The molecule has 3 rings (SSSR count). The van der Waals surface area contributed by atoms with Gasteiger partial charge in [-0.2, -0.15) is 0 Å². The fraction of sp³-hybridized carbons (Fsp3) is 0.150. The lowest BCUT2D eigenvalue weighted by molar-refractivity contribution is 0.599. The molecule has 0 fully saturated rings. The first kappa shape index (κ1) is 18.8. The second-order valence-corrected chi connectivity index (χ2v) is 8.08. The second-order valence-electron chi connectivity index (χ2n) is 6.39. The van der Waals surface area contributed by atoms with Crippen molar-refractivity contribution in [3.8, 4) is 0 Å². The van der Waals surface area contributed by atoms with E-state index in [2.05, 4.69) is 41.0 Å². The predicted octanol–water partition coefficient (Wildman–Crippen LogP) is 4.89. The predicted molar refractivity (Wildman–Crippen MR) is 105 cm³/mol. The molecule has 0 spiro atoms. The van der Waals surface area contributed by atoms with E-state index in [0.29, 0.717) is 17.4 Å². The van der Waals surface area contributed by atoms with Gasteiger partial charge in [-0.1, -0.05) is 26.0 Å². The van der Waals surface area contributed by atoms with Crippen LogP contribution in [0.2, 0.25) is 0 Å². The molecule has 5 nitrogen and oxygen atoms in total. The highest BCUT2D eigenvalue weighted by Crippen LogP contribution is 2.21. The van der Waals surface area contributed by atoms with E-state index in [9.17, 15) is 12.8 Å². The fourth-order valence-electron chi connectivity index (χ4n) is 2.46. The minimum atomic E-state index is -3.79. The molecule has 0 bridgehead atoms. The Morgan fingerprint density at radius 2 is 1.52 bits per heavy atom. The number of rotatable bonds is 6. The summed E-state index contributed by atoms with van der Waals surface area (Å²) in [6.07, 6.45) is 1.42. The smallest absolute Gasteiger partial charge is 0.261 e. The third-order valence-electron chi connectivity index (χ3n) is 3.99. The van der Waals surface area contributed by atoms with E-state index in [1.807, 2.05) is 12.1 Å². The topological polar surface area (TPSA) is 71.1 Å². The maximum Gasteiger partial charge on any atom is 0.261 e. The van der Waals surface area contributed by atoms with Crippen molar-refractivity contribution in [2.24, 2.45) is 0 Å². The van der Waals surface area contributed by atoms with Gasteiger partial charge in [-0.15, -0.1) is 0 Å². The largest absolute Gasteiger partial charge is 0.340 e. The van der Waals surface area contributed by atoms with Crippen molar-refractivity contribution in [1.29, 1.82) is 0 Å². The zero-order chi connectivity index (χ0) is 19.4. The number of aromatic nitrogens is 1. The van der Waals surface area contributed by atoms with Crippen LogP contribution in [0.15, 0.2) is 71.8 Å². The van der Waals surface area contributed by atoms with E-state index in [4.69, 9.17) is 0 Å². The number of nitrogens with zero attached hydrogens (tertiary/aromatic N) is 1. The van der Waals surface area contributed by atoms with Gasteiger partial charge in [0.1, 0.15) is 11.6 Å². The van der Waals surface area contributed by atoms with Crippen LogP contribution in [0.25, 0.3) is 0 Å². The third kappa shape index (κ3) is 4.83. The third-order valence-corrected chi connectivity index (χ3v) is 5.39. The second kappa shape index (κ2) is 7.75. The van der Waals surface area contributed by atoms with Gasteiger partial charge in [0.15, 0.2) is 0 Å². The van der Waals surface area contributed by atoms with Crippen molar-refractivity contribution in [2.45, 2.75) is 24.7 Å². The zero-order valence-electron chi connectivity index (χ0n) is 15.0. The Bertz CT molecular complexity index is 1000. The average Bonchev–Trinajstić information content (AvgIpc) is 2.64. The Morgan fingerprint density at radius 1 is 0.889 bits per heavy atom. The lowest BCUT2D eigenvalue weighted by Gasteiger charge is -2.10. The number of nitrogens with one attached hydrogen (secondary N) is 2. The number of halogens is 1. The van der Waals surface area contributed by atoms with Gasteiger partial charge in [0.2, 0.25) is 0 Å². The van der Waals surface area contributed by atoms with Crippen LogP contribution in [-0.2, 0) is 10.0 Å². The highest BCUT2D eigenvalue weighted by atomic mass is 32.2. The van der Waals surface area contributed by atoms with Gasteiger partial charge in [-0.3, -0.25) is 4.72 Å². The molecule has 140 valence electrons. The van der Waals surface area contributed by atoms with E-state index in [-0.39, 0.29) is 4.90 Å². The number of pyridine rings is 1. The van der Waals surface area contributed by atoms with E-state index >= 15 is 0 Å². The molecule has 7 heteroatoms. The Kier molecular flexibility index (Phi) is 5.41. The Labute approximate surface area is 158 Å². The highest BCUT2D eigenvalue weighted by Gasteiger charge is 2.14. The van der Waals surface area contributed by atoms with E-state index in [1.54, 1.807) is 12.1 Å². The normalized spacial score (nSPS) is 11.4. The molecule has 1 heterocycles. The summed E-state index contributed by atoms with van der Waals surface area (Å²) < 4.78 is 40.0. The highest BCUT2D eigenvalue weighted by molar-refractivity contribution is 7.92. The zero-order valence-corrected chi connectivity index (χ0v) is 15.8. The van der Waals surface area contributed by atoms with Gasteiger partial charge < -0.3 is 5.32 Å². The standard InChI is InChI=1S/C20H20FN3O2S/c1-14(2)15-3-7-17(8-4-15)23-20-12-9-18(13-22-20)24-27(25,26)19-10-5-16(21)6-11-19/h3-14,24H,1-2H3,(H,22,23). The fourth-order valence-corrected chi connectivity index (χ4v) is 3.50. The summed E-state index contributed by atoms with van der Waals surface area (Å²) in [6, 6.07) is 16.0. The molecule has 0 aliphatic carbocycles. The average molecular weight is 385 g/mol. The molecule has 0 saturated heterocycles. The summed E-state index contributed by atoms with van der Waals surface area (Å²) in [5.74, 6) is 0.565. The molecular weight excluding hydrogens is 365 g/mol. The Balaban J connectivity index is 1.68. The lowest BCUT2D eigenvalue weighted by atomic mass is 10.0.